The first kappa shape index (κ1) is 12.3. The second-order valence-electron chi connectivity index (χ2n) is 3.95. The van der Waals surface area contributed by atoms with Gasteiger partial charge in [0.1, 0.15) is 5.75 Å². The van der Waals surface area contributed by atoms with E-state index in [2.05, 4.69) is 0 Å². The van der Waals surface area contributed by atoms with Gasteiger partial charge in [0.25, 0.3) is 0 Å². The molecule has 1 aromatic rings. The molecule has 84 valence electrons. The summed E-state index contributed by atoms with van der Waals surface area (Å²) >= 11 is 0. The number of phenols is 1. The molecule has 4 heteroatoms. The highest BCUT2D eigenvalue weighted by molar-refractivity contribution is 5.85. The number of hydrogen-bond acceptors (Lipinski definition) is 3. The van der Waals surface area contributed by atoms with Crippen molar-refractivity contribution >= 4 is 12.4 Å². The lowest BCUT2D eigenvalue weighted by Gasteiger charge is -2.18. The molecular formula is C11H16ClNO2. The topological polar surface area (TPSA) is 66.5 Å². The minimum atomic E-state index is -0.475. The SMILES string of the molecule is Cl.N[C@H](c1cccc(O)c1)[C@@H](O)C1CC1. The molecule has 0 aliphatic heterocycles. The summed E-state index contributed by atoms with van der Waals surface area (Å²) < 4.78 is 0. The van der Waals surface area contributed by atoms with E-state index < -0.39 is 6.10 Å². The lowest BCUT2D eigenvalue weighted by atomic mass is 9.99. The summed E-state index contributed by atoms with van der Waals surface area (Å²) in [5.74, 6) is 0.549. The molecule has 0 amide bonds. The molecule has 0 bridgehead atoms. The third kappa shape index (κ3) is 2.84. The average Bonchev–Trinajstić information content (AvgIpc) is 2.99. The second kappa shape index (κ2) is 4.84. The third-order valence-corrected chi connectivity index (χ3v) is 2.73. The zero-order valence-corrected chi connectivity index (χ0v) is 9.15. The average molecular weight is 230 g/mol. The molecular weight excluding hydrogens is 214 g/mol. The van der Waals surface area contributed by atoms with Crippen LogP contribution in [0.25, 0.3) is 0 Å². The van der Waals surface area contributed by atoms with Gasteiger partial charge in [-0.3, -0.25) is 0 Å². The summed E-state index contributed by atoms with van der Waals surface area (Å²) in [5.41, 5.74) is 6.68. The summed E-state index contributed by atoms with van der Waals surface area (Å²) in [7, 11) is 0. The van der Waals surface area contributed by atoms with Gasteiger partial charge in [-0.2, -0.15) is 0 Å². The largest absolute Gasteiger partial charge is 0.508 e. The fourth-order valence-electron chi connectivity index (χ4n) is 1.66. The van der Waals surface area contributed by atoms with Crippen molar-refractivity contribution in [3.63, 3.8) is 0 Å². The van der Waals surface area contributed by atoms with Crippen LogP contribution in [0.2, 0.25) is 0 Å². The van der Waals surface area contributed by atoms with Gasteiger partial charge in [0, 0.05) is 0 Å². The predicted octanol–water partition coefficient (Wildman–Crippen LogP) is 1.58. The van der Waals surface area contributed by atoms with Crippen LogP contribution in [0.5, 0.6) is 5.75 Å². The van der Waals surface area contributed by atoms with Gasteiger partial charge in [-0.05, 0) is 36.5 Å². The van der Waals surface area contributed by atoms with E-state index in [1.54, 1.807) is 18.2 Å². The Kier molecular flexibility index (Phi) is 3.97. The number of halogens is 1. The van der Waals surface area contributed by atoms with Gasteiger partial charge in [0.15, 0.2) is 0 Å². The molecule has 2 rings (SSSR count). The van der Waals surface area contributed by atoms with Gasteiger partial charge in [-0.25, -0.2) is 0 Å². The first-order chi connectivity index (χ1) is 6.68. The Hall–Kier alpha value is -0.770. The van der Waals surface area contributed by atoms with E-state index in [4.69, 9.17) is 5.73 Å². The zero-order chi connectivity index (χ0) is 10.1. The number of aliphatic hydroxyl groups is 1. The molecule has 2 atom stereocenters. The lowest BCUT2D eigenvalue weighted by molar-refractivity contribution is 0.122. The van der Waals surface area contributed by atoms with Crippen molar-refractivity contribution in [2.75, 3.05) is 0 Å². The third-order valence-electron chi connectivity index (χ3n) is 2.73. The standard InChI is InChI=1S/C11H15NO2.ClH/c12-10(11(14)7-4-5-7)8-2-1-3-9(13)6-8;/h1-3,6-7,10-11,13-14H,4-5,12H2;1H/t10-,11+;/m1./s1. The Balaban J connectivity index is 0.00000112. The normalized spacial score (nSPS) is 19.1. The second-order valence-corrected chi connectivity index (χ2v) is 3.95. The van der Waals surface area contributed by atoms with Crippen LogP contribution < -0.4 is 5.73 Å². The van der Waals surface area contributed by atoms with Crippen molar-refractivity contribution in [1.29, 1.82) is 0 Å². The summed E-state index contributed by atoms with van der Waals surface area (Å²) in [6, 6.07) is 6.39. The molecule has 0 saturated heterocycles. The molecule has 15 heavy (non-hydrogen) atoms. The van der Waals surface area contributed by atoms with Crippen LogP contribution >= 0.6 is 12.4 Å². The summed E-state index contributed by atoms with van der Waals surface area (Å²) in [6.07, 6.45) is 1.65. The van der Waals surface area contributed by atoms with Gasteiger partial charge in [0.2, 0.25) is 0 Å². The first-order valence-electron chi connectivity index (χ1n) is 4.91. The molecule has 1 aliphatic carbocycles. The van der Waals surface area contributed by atoms with Crippen molar-refractivity contribution in [1.82, 2.24) is 0 Å². The maximum Gasteiger partial charge on any atom is 0.115 e. The molecule has 4 N–H and O–H groups in total. The molecule has 3 nitrogen and oxygen atoms in total. The summed E-state index contributed by atoms with van der Waals surface area (Å²) in [4.78, 5) is 0. The number of aromatic hydroxyl groups is 1. The first-order valence-corrected chi connectivity index (χ1v) is 4.91. The summed E-state index contributed by atoms with van der Waals surface area (Å²) in [5, 5.41) is 19.1. The van der Waals surface area contributed by atoms with Gasteiger partial charge in [-0.15, -0.1) is 12.4 Å². The van der Waals surface area contributed by atoms with Crippen LogP contribution in [0.4, 0.5) is 0 Å². The minimum absolute atomic E-state index is 0. The number of nitrogens with two attached hydrogens (primary N) is 1. The van der Waals surface area contributed by atoms with Crippen molar-refractivity contribution in [2.24, 2.45) is 11.7 Å². The number of benzene rings is 1. The maximum absolute atomic E-state index is 9.80. The van der Waals surface area contributed by atoms with Crippen molar-refractivity contribution in [2.45, 2.75) is 25.0 Å². The molecule has 1 fully saturated rings. The smallest absolute Gasteiger partial charge is 0.115 e. The van der Waals surface area contributed by atoms with Crippen LogP contribution in [0.3, 0.4) is 0 Å². The molecule has 0 unspecified atom stereocenters. The van der Waals surface area contributed by atoms with Gasteiger partial charge >= 0.3 is 0 Å². The van der Waals surface area contributed by atoms with Gasteiger partial charge in [0.05, 0.1) is 12.1 Å². The highest BCUT2D eigenvalue weighted by Crippen LogP contribution is 2.37. The zero-order valence-electron chi connectivity index (χ0n) is 8.34. The maximum atomic E-state index is 9.80. The van der Waals surface area contributed by atoms with E-state index in [1.165, 1.54) is 0 Å². The van der Waals surface area contributed by atoms with E-state index in [0.717, 1.165) is 18.4 Å². The van der Waals surface area contributed by atoms with Gasteiger partial charge < -0.3 is 15.9 Å². The van der Waals surface area contributed by atoms with E-state index in [9.17, 15) is 10.2 Å². The van der Waals surface area contributed by atoms with Crippen LogP contribution in [-0.2, 0) is 0 Å². The number of rotatable bonds is 3. The van der Waals surface area contributed by atoms with Crippen molar-refractivity contribution < 1.29 is 10.2 Å². The Labute approximate surface area is 95.3 Å². The van der Waals surface area contributed by atoms with Gasteiger partial charge in [-0.1, -0.05) is 12.1 Å². The number of phenolic OH excluding ortho intramolecular Hbond substituents is 1. The monoisotopic (exact) mass is 229 g/mol. The fraction of sp³-hybridized carbons (Fsp3) is 0.455. The van der Waals surface area contributed by atoms with Crippen molar-refractivity contribution in [3.05, 3.63) is 29.8 Å². The quantitative estimate of drug-likeness (QED) is 0.738. The molecule has 0 spiro atoms. The fourth-order valence-corrected chi connectivity index (χ4v) is 1.66. The van der Waals surface area contributed by atoms with E-state index in [-0.39, 0.29) is 24.2 Å². The molecule has 0 aromatic heterocycles. The molecule has 1 aliphatic rings. The van der Waals surface area contributed by atoms with Crippen LogP contribution in [-0.4, -0.2) is 16.3 Å². The molecule has 0 heterocycles. The van der Waals surface area contributed by atoms with Crippen LogP contribution in [0, 0.1) is 5.92 Å². The Morgan fingerprint density at radius 2 is 2.00 bits per heavy atom. The predicted molar refractivity (Wildman–Crippen MR) is 61.0 cm³/mol. The van der Waals surface area contributed by atoms with Crippen molar-refractivity contribution in [3.8, 4) is 5.75 Å². The van der Waals surface area contributed by atoms with E-state index in [1.807, 2.05) is 6.07 Å². The van der Waals surface area contributed by atoms with Crippen LogP contribution in [0.1, 0.15) is 24.4 Å². The summed E-state index contributed by atoms with van der Waals surface area (Å²) in [6.45, 7) is 0. The highest BCUT2D eigenvalue weighted by Gasteiger charge is 2.34. The Morgan fingerprint density at radius 1 is 1.33 bits per heavy atom. The Morgan fingerprint density at radius 3 is 2.53 bits per heavy atom. The molecule has 0 radical (unpaired) electrons. The number of aliphatic hydroxyl groups excluding tert-OH is 1. The van der Waals surface area contributed by atoms with Crippen LogP contribution in [0.15, 0.2) is 24.3 Å². The molecule has 1 aromatic carbocycles. The van der Waals surface area contributed by atoms with E-state index in [0.29, 0.717) is 5.92 Å². The Bertz CT molecular complexity index is 328. The minimum Gasteiger partial charge on any atom is -0.508 e. The lowest BCUT2D eigenvalue weighted by Crippen LogP contribution is -2.27. The number of hydrogen-bond donors (Lipinski definition) is 3. The highest BCUT2D eigenvalue weighted by atomic mass is 35.5. The molecule has 1 saturated carbocycles. The van der Waals surface area contributed by atoms with E-state index >= 15 is 0 Å².